The van der Waals surface area contributed by atoms with E-state index in [1.165, 1.54) is 0 Å². The van der Waals surface area contributed by atoms with Crippen molar-refractivity contribution in [3.05, 3.63) is 0 Å². The van der Waals surface area contributed by atoms with Crippen molar-refractivity contribution in [2.45, 2.75) is 47.1 Å². The van der Waals surface area contributed by atoms with Crippen LogP contribution in [0.15, 0.2) is 0 Å². The number of carboxylic acids is 1. The number of quaternary nitrogens is 1. The summed E-state index contributed by atoms with van der Waals surface area (Å²) in [5.74, 6) is 4.17. The van der Waals surface area contributed by atoms with Crippen LogP contribution in [0.25, 0.3) is 0 Å². The van der Waals surface area contributed by atoms with Crippen molar-refractivity contribution in [3.63, 3.8) is 0 Å². The third-order valence-corrected chi connectivity index (χ3v) is 1.11. The maximum Gasteiger partial charge on any atom is 0.105 e. The molecule has 4 N–H and O–H groups in total. The van der Waals surface area contributed by atoms with Crippen LogP contribution in [0.3, 0.4) is 0 Å². The van der Waals surface area contributed by atoms with Crippen LogP contribution in [0.2, 0.25) is 0 Å². The number of rotatable bonds is 0. The number of hydrogen-bond acceptors (Lipinski definition) is 3. The van der Waals surface area contributed by atoms with Crippen molar-refractivity contribution in [2.75, 3.05) is 0 Å². The van der Waals surface area contributed by atoms with Gasteiger partial charge in [0.05, 0.1) is 0 Å². The lowest BCUT2D eigenvalue weighted by atomic mass is 9.98. The van der Waals surface area contributed by atoms with E-state index in [0.29, 0.717) is 0 Å². The van der Waals surface area contributed by atoms with Crippen molar-refractivity contribution in [1.29, 1.82) is 0 Å². The van der Waals surface area contributed by atoms with Gasteiger partial charge in [-0.05, 0) is 20.8 Å². The van der Waals surface area contributed by atoms with Gasteiger partial charge in [0.15, 0.2) is 0 Å². The van der Waals surface area contributed by atoms with Gasteiger partial charge in [-0.1, -0.05) is 20.8 Å². The minimum Gasteiger partial charge on any atom is -0.550 e. The summed E-state index contributed by atoms with van der Waals surface area (Å²) < 4.78 is 0. The maximum atomic E-state index is 9.91. The molecule has 0 saturated carbocycles. The maximum absolute atomic E-state index is 9.91. The molecule has 0 aliphatic rings. The lowest BCUT2D eigenvalue weighted by Gasteiger charge is -2.18. The molecule has 0 aromatic rings. The van der Waals surface area contributed by atoms with Crippen molar-refractivity contribution in [2.24, 2.45) is 11.3 Å². The molecular formula is C9H22N2O2. The van der Waals surface area contributed by atoms with E-state index in [1.807, 2.05) is 0 Å². The van der Waals surface area contributed by atoms with Gasteiger partial charge in [-0.3, -0.25) is 5.43 Å². The first-order valence-corrected chi connectivity index (χ1v) is 4.28. The molecule has 0 unspecified atom stereocenters. The SMILES string of the molecule is CC(C)(C)C(=O)[O-].CC(C)(C)[NH2+]N. The fourth-order valence-electron chi connectivity index (χ4n) is 0. The van der Waals surface area contributed by atoms with Crippen molar-refractivity contribution < 1.29 is 15.3 Å². The number of aliphatic carboxylic acids is 1. The molecule has 0 saturated heterocycles. The van der Waals surface area contributed by atoms with Crippen LogP contribution in [0.4, 0.5) is 0 Å². The summed E-state index contributed by atoms with van der Waals surface area (Å²) >= 11 is 0. The molecule has 4 heteroatoms. The zero-order valence-corrected chi connectivity index (χ0v) is 9.47. The summed E-state index contributed by atoms with van der Waals surface area (Å²) in [7, 11) is 0. The monoisotopic (exact) mass is 190 g/mol. The third-order valence-electron chi connectivity index (χ3n) is 1.11. The number of carbonyl (C=O) groups is 1. The van der Waals surface area contributed by atoms with Crippen LogP contribution in [-0.4, -0.2) is 11.5 Å². The molecule has 0 radical (unpaired) electrons. The van der Waals surface area contributed by atoms with Gasteiger partial charge in [-0.25, -0.2) is 0 Å². The van der Waals surface area contributed by atoms with E-state index in [9.17, 15) is 9.90 Å². The van der Waals surface area contributed by atoms with E-state index >= 15 is 0 Å². The van der Waals surface area contributed by atoms with Crippen LogP contribution in [0.1, 0.15) is 41.5 Å². The van der Waals surface area contributed by atoms with Crippen LogP contribution in [0.5, 0.6) is 0 Å². The van der Waals surface area contributed by atoms with E-state index in [0.717, 1.165) is 0 Å². The largest absolute Gasteiger partial charge is 0.550 e. The summed E-state index contributed by atoms with van der Waals surface area (Å²) in [6.07, 6.45) is 0. The highest BCUT2D eigenvalue weighted by Crippen LogP contribution is 2.09. The molecule has 0 aliphatic heterocycles. The highest BCUT2D eigenvalue weighted by Gasteiger charge is 2.09. The topological polar surface area (TPSA) is 82.8 Å². The van der Waals surface area contributed by atoms with Gasteiger partial charge in [0, 0.05) is 11.4 Å². The van der Waals surface area contributed by atoms with Gasteiger partial charge in [0.25, 0.3) is 0 Å². The average Bonchev–Trinajstić information content (AvgIpc) is 1.85. The van der Waals surface area contributed by atoms with Crippen LogP contribution in [0, 0.1) is 5.41 Å². The lowest BCUT2D eigenvalue weighted by molar-refractivity contribution is -0.729. The first-order valence-electron chi connectivity index (χ1n) is 4.28. The fraction of sp³-hybridized carbons (Fsp3) is 0.889. The number of hydrogen-bond donors (Lipinski definition) is 2. The minimum atomic E-state index is -1.01. The van der Waals surface area contributed by atoms with Gasteiger partial charge < -0.3 is 9.90 Å². The number of carbonyl (C=O) groups excluding carboxylic acids is 1. The number of carboxylic acid groups (broad SMARTS) is 1. The van der Waals surface area contributed by atoms with Crippen LogP contribution >= 0.6 is 0 Å². The summed E-state index contributed by atoms with van der Waals surface area (Å²) in [5, 5.41) is 9.91. The van der Waals surface area contributed by atoms with Gasteiger partial charge in [0.1, 0.15) is 5.54 Å². The molecule has 0 bridgehead atoms. The Morgan fingerprint density at radius 3 is 1.31 bits per heavy atom. The molecule has 0 aromatic heterocycles. The first kappa shape index (κ1) is 14.9. The molecule has 0 amide bonds. The third kappa shape index (κ3) is 14.3. The van der Waals surface area contributed by atoms with Crippen LogP contribution in [-0.2, 0) is 4.79 Å². The second kappa shape index (κ2) is 5.19. The minimum absolute atomic E-state index is 0.194. The molecule has 0 aliphatic carbocycles. The molecule has 13 heavy (non-hydrogen) atoms. The summed E-state index contributed by atoms with van der Waals surface area (Å²) in [6.45, 7) is 11.0. The van der Waals surface area contributed by atoms with Crippen LogP contribution < -0.4 is 16.4 Å². The van der Waals surface area contributed by atoms with E-state index in [4.69, 9.17) is 5.84 Å². The predicted octanol–water partition coefficient (Wildman–Crippen LogP) is -0.996. The highest BCUT2D eigenvalue weighted by molar-refractivity contribution is 5.70. The normalized spacial score (nSPS) is 11.6. The molecule has 0 aromatic carbocycles. The predicted molar refractivity (Wildman–Crippen MR) is 50.3 cm³/mol. The second-order valence-electron chi connectivity index (χ2n) is 5.07. The molecule has 0 heterocycles. The van der Waals surface area contributed by atoms with Gasteiger partial charge in [-0.2, -0.15) is 5.84 Å². The number of nitrogens with two attached hydrogens (primary N) is 2. The second-order valence-corrected chi connectivity index (χ2v) is 5.07. The van der Waals surface area contributed by atoms with Gasteiger partial charge in [-0.15, -0.1) is 0 Å². The molecule has 0 fully saturated rings. The molecular weight excluding hydrogens is 168 g/mol. The van der Waals surface area contributed by atoms with Gasteiger partial charge in [0.2, 0.25) is 0 Å². The lowest BCUT2D eigenvalue weighted by Crippen LogP contribution is -3.00. The van der Waals surface area contributed by atoms with E-state index in [2.05, 4.69) is 20.8 Å². The Balaban J connectivity index is 0. The molecule has 0 spiro atoms. The first-order chi connectivity index (χ1) is 5.50. The zero-order valence-electron chi connectivity index (χ0n) is 9.47. The Kier molecular flexibility index (Phi) is 5.95. The Hall–Kier alpha value is -0.610. The van der Waals surface area contributed by atoms with Crippen molar-refractivity contribution in [3.8, 4) is 0 Å². The Morgan fingerprint density at radius 2 is 1.31 bits per heavy atom. The van der Waals surface area contributed by atoms with E-state index in [1.54, 1.807) is 26.2 Å². The quantitative estimate of drug-likeness (QED) is 0.380. The zero-order chi connectivity index (χ0) is 11.3. The Bertz CT molecular complexity index is 154. The summed E-state index contributed by atoms with van der Waals surface area (Å²) in [6, 6.07) is 0. The highest BCUT2D eigenvalue weighted by atomic mass is 16.4. The summed E-state index contributed by atoms with van der Waals surface area (Å²) in [4.78, 5) is 9.91. The van der Waals surface area contributed by atoms with Crippen molar-refractivity contribution >= 4 is 5.97 Å². The standard InChI is InChI=1S/C5H10O2.C4H12N2/c1-5(2,3)4(6)7;1-4(2,3)6-5/h1-3H3,(H,6,7);6H,5H2,1-3H3. The molecule has 80 valence electrons. The average molecular weight is 190 g/mol. The molecule has 0 atom stereocenters. The smallest absolute Gasteiger partial charge is 0.105 e. The fourth-order valence-corrected chi connectivity index (χ4v) is 0. The molecule has 4 nitrogen and oxygen atoms in total. The van der Waals surface area contributed by atoms with Crippen molar-refractivity contribution in [1.82, 2.24) is 0 Å². The molecule has 0 rings (SSSR count). The van der Waals surface area contributed by atoms with E-state index in [-0.39, 0.29) is 5.54 Å². The van der Waals surface area contributed by atoms with E-state index < -0.39 is 11.4 Å². The van der Waals surface area contributed by atoms with Gasteiger partial charge >= 0.3 is 0 Å². The Labute approximate surface area is 80.5 Å². The Morgan fingerprint density at radius 1 is 1.15 bits per heavy atom. The summed E-state index contributed by atoms with van der Waals surface area (Å²) in [5.41, 5.74) is 1.19.